The first kappa shape index (κ1) is 13.7. The Labute approximate surface area is 120 Å². The Kier molecular flexibility index (Phi) is 2.96. The van der Waals surface area contributed by atoms with Crippen LogP contribution in [0.1, 0.15) is 52.8 Å². The number of ether oxygens (including phenoxy) is 1. The molecule has 2 saturated carbocycles. The van der Waals surface area contributed by atoms with Gasteiger partial charge in [0.1, 0.15) is 11.9 Å². The smallest absolute Gasteiger partial charge is 0.254 e. The number of H-pyrrole nitrogens is 1. The molecule has 1 aromatic rings. The molecule has 3 atom stereocenters. The third-order valence-electron chi connectivity index (χ3n) is 6.08. The zero-order chi connectivity index (χ0) is 14.5. The second-order valence-corrected chi connectivity index (χ2v) is 7.10. The van der Waals surface area contributed by atoms with E-state index in [-0.39, 0.29) is 17.1 Å². The van der Waals surface area contributed by atoms with Gasteiger partial charge in [-0.05, 0) is 30.6 Å². The van der Waals surface area contributed by atoms with E-state index in [2.05, 4.69) is 30.7 Å². The van der Waals surface area contributed by atoms with Crippen LogP contribution in [0, 0.1) is 16.7 Å². The number of fused-ring (bicyclic) bond motifs is 2. The van der Waals surface area contributed by atoms with Gasteiger partial charge in [0.25, 0.3) is 5.56 Å². The monoisotopic (exact) mass is 276 g/mol. The predicted molar refractivity (Wildman–Crippen MR) is 77.9 cm³/mol. The van der Waals surface area contributed by atoms with Crippen LogP contribution in [0.2, 0.25) is 0 Å². The molecule has 1 heterocycles. The van der Waals surface area contributed by atoms with Gasteiger partial charge in [-0.1, -0.05) is 27.7 Å². The molecule has 2 bridgehead atoms. The fourth-order valence-corrected chi connectivity index (χ4v) is 4.17. The first-order valence-corrected chi connectivity index (χ1v) is 7.63. The van der Waals surface area contributed by atoms with Gasteiger partial charge in [-0.2, -0.15) is 0 Å². The van der Waals surface area contributed by atoms with Crippen LogP contribution < -0.4 is 10.3 Å². The Bertz CT molecular complexity index is 578. The molecule has 0 aromatic carbocycles. The minimum atomic E-state index is -0.126. The topological polar surface area (TPSA) is 55.0 Å². The summed E-state index contributed by atoms with van der Waals surface area (Å²) in [6, 6.07) is 1.47. The van der Waals surface area contributed by atoms with Gasteiger partial charge in [0.15, 0.2) is 0 Å². The van der Waals surface area contributed by atoms with E-state index in [1.165, 1.54) is 18.9 Å². The fraction of sp³-hybridized carbons (Fsp3) is 0.750. The highest BCUT2D eigenvalue weighted by Crippen LogP contribution is 2.66. The van der Waals surface area contributed by atoms with Crippen LogP contribution in [0.5, 0.6) is 5.88 Å². The second-order valence-electron chi connectivity index (χ2n) is 7.10. The van der Waals surface area contributed by atoms with Crippen molar-refractivity contribution in [3.8, 4) is 5.88 Å². The van der Waals surface area contributed by atoms with Gasteiger partial charge in [-0.25, -0.2) is 4.98 Å². The Morgan fingerprint density at radius 3 is 2.75 bits per heavy atom. The van der Waals surface area contributed by atoms with Crippen molar-refractivity contribution < 1.29 is 4.74 Å². The van der Waals surface area contributed by atoms with Gasteiger partial charge >= 0.3 is 0 Å². The van der Waals surface area contributed by atoms with E-state index in [1.54, 1.807) is 0 Å². The largest absolute Gasteiger partial charge is 0.474 e. The van der Waals surface area contributed by atoms with E-state index < -0.39 is 0 Å². The maximum absolute atomic E-state index is 11.6. The number of nitrogens with zero attached hydrogens (tertiary/aromatic N) is 1. The van der Waals surface area contributed by atoms with Crippen molar-refractivity contribution in [3.05, 3.63) is 22.2 Å². The maximum atomic E-state index is 11.6. The molecule has 4 nitrogen and oxygen atoms in total. The first-order chi connectivity index (χ1) is 9.36. The number of hydrogen-bond acceptors (Lipinski definition) is 3. The van der Waals surface area contributed by atoms with Crippen molar-refractivity contribution in [3.63, 3.8) is 0 Å². The lowest BCUT2D eigenvalue weighted by Crippen LogP contribution is -2.39. The Hall–Kier alpha value is -1.32. The van der Waals surface area contributed by atoms with Gasteiger partial charge in [-0.3, -0.25) is 4.79 Å². The summed E-state index contributed by atoms with van der Waals surface area (Å²) in [7, 11) is 0. The Morgan fingerprint density at radius 1 is 1.45 bits per heavy atom. The highest BCUT2D eigenvalue weighted by Gasteiger charge is 2.62. The number of nitrogens with one attached hydrogen (secondary N) is 1. The van der Waals surface area contributed by atoms with Crippen molar-refractivity contribution in [2.45, 2.75) is 59.5 Å². The molecular weight excluding hydrogens is 252 g/mol. The van der Waals surface area contributed by atoms with E-state index in [4.69, 9.17) is 4.74 Å². The standard InChI is InChI=1S/C16H24N2O2/c1-5-12-17-13(19)9-14(18-12)20-11-8-10-6-7-16(11,4)15(10,2)3/h9-11H,5-8H2,1-4H3,(H,17,18,19). The van der Waals surface area contributed by atoms with Crippen LogP contribution in [0.15, 0.2) is 10.9 Å². The molecule has 3 rings (SSSR count). The number of aryl methyl sites for hydroxylation is 1. The molecule has 0 radical (unpaired) electrons. The average molecular weight is 276 g/mol. The van der Waals surface area contributed by atoms with Gasteiger partial charge in [0.2, 0.25) is 5.88 Å². The predicted octanol–water partition coefficient (Wildman–Crippen LogP) is 2.93. The minimum absolute atomic E-state index is 0.126. The van der Waals surface area contributed by atoms with Crippen LogP contribution in [0.25, 0.3) is 0 Å². The quantitative estimate of drug-likeness (QED) is 0.923. The van der Waals surface area contributed by atoms with Crippen molar-refractivity contribution in [1.82, 2.24) is 9.97 Å². The number of hydrogen-bond donors (Lipinski definition) is 1. The van der Waals surface area contributed by atoms with Crippen LogP contribution in [0.3, 0.4) is 0 Å². The summed E-state index contributed by atoms with van der Waals surface area (Å²) in [4.78, 5) is 18.8. The van der Waals surface area contributed by atoms with Gasteiger partial charge in [0, 0.05) is 11.8 Å². The third-order valence-corrected chi connectivity index (χ3v) is 6.08. The van der Waals surface area contributed by atoms with Gasteiger partial charge < -0.3 is 9.72 Å². The number of aromatic amines is 1. The lowest BCUT2D eigenvalue weighted by Gasteiger charge is -2.38. The Morgan fingerprint density at radius 2 is 2.20 bits per heavy atom. The SMILES string of the molecule is CCc1nc(OC2CC3CCC2(C)C3(C)C)cc(=O)[nH]1. The molecule has 2 aliphatic carbocycles. The molecule has 0 aliphatic heterocycles. The second kappa shape index (κ2) is 4.34. The summed E-state index contributed by atoms with van der Waals surface area (Å²) < 4.78 is 6.14. The molecule has 2 fully saturated rings. The zero-order valence-corrected chi connectivity index (χ0v) is 12.8. The molecule has 0 amide bonds. The van der Waals surface area contributed by atoms with E-state index in [0.29, 0.717) is 23.5 Å². The molecule has 110 valence electrons. The first-order valence-electron chi connectivity index (χ1n) is 7.63. The van der Waals surface area contributed by atoms with E-state index in [1.807, 2.05) is 6.92 Å². The molecule has 0 saturated heterocycles. The third kappa shape index (κ3) is 1.80. The molecule has 0 spiro atoms. The lowest BCUT2D eigenvalue weighted by atomic mass is 9.70. The van der Waals surface area contributed by atoms with Crippen molar-refractivity contribution in [1.29, 1.82) is 0 Å². The van der Waals surface area contributed by atoms with Crippen molar-refractivity contribution in [2.75, 3.05) is 0 Å². The number of rotatable bonds is 3. The van der Waals surface area contributed by atoms with E-state index >= 15 is 0 Å². The molecule has 3 unspecified atom stereocenters. The van der Waals surface area contributed by atoms with E-state index in [0.717, 1.165) is 12.3 Å². The lowest BCUT2D eigenvalue weighted by molar-refractivity contribution is 0.0270. The molecule has 1 aromatic heterocycles. The van der Waals surface area contributed by atoms with Gasteiger partial charge in [-0.15, -0.1) is 0 Å². The molecule has 4 heteroatoms. The summed E-state index contributed by atoms with van der Waals surface area (Å²) in [5.74, 6) is 1.91. The maximum Gasteiger partial charge on any atom is 0.254 e. The van der Waals surface area contributed by atoms with Crippen molar-refractivity contribution in [2.24, 2.45) is 16.7 Å². The highest BCUT2D eigenvalue weighted by molar-refractivity contribution is 5.16. The number of aromatic nitrogens is 2. The average Bonchev–Trinajstić information content (AvgIpc) is 2.71. The van der Waals surface area contributed by atoms with Crippen molar-refractivity contribution >= 4 is 0 Å². The summed E-state index contributed by atoms with van der Waals surface area (Å²) in [5, 5.41) is 0. The van der Waals surface area contributed by atoms with Gasteiger partial charge in [0.05, 0.1) is 6.07 Å². The normalized spacial score (nSPS) is 34.4. The van der Waals surface area contributed by atoms with Crippen LogP contribution in [0.4, 0.5) is 0 Å². The Balaban J connectivity index is 1.87. The van der Waals surface area contributed by atoms with Crippen LogP contribution in [-0.2, 0) is 6.42 Å². The summed E-state index contributed by atoms with van der Waals surface area (Å²) >= 11 is 0. The van der Waals surface area contributed by atoms with E-state index in [9.17, 15) is 4.79 Å². The molecular formula is C16H24N2O2. The van der Waals surface area contributed by atoms with Crippen LogP contribution in [-0.4, -0.2) is 16.1 Å². The van der Waals surface area contributed by atoms with Crippen LogP contribution >= 0.6 is 0 Å². The fourth-order valence-electron chi connectivity index (χ4n) is 4.17. The summed E-state index contributed by atoms with van der Waals surface area (Å²) in [6.45, 7) is 9.02. The molecule has 1 N–H and O–H groups in total. The minimum Gasteiger partial charge on any atom is -0.474 e. The summed E-state index contributed by atoms with van der Waals surface area (Å²) in [6.07, 6.45) is 4.48. The molecule has 2 aliphatic rings. The molecule has 20 heavy (non-hydrogen) atoms. The zero-order valence-electron chi connectivity index (χ0n) is 12.8. The summed E-state index contributed by atoms with van der Waals surface area (Å²) in [5.41, 5.74) is 0.375. The highest BCUT2D eigenvalue weighted by atomic mass is 16.5.